The topological polar surface area (TPSA) is 60.9 Å². The molecule has 8 rings (SSSR count). The lowest BCUT2D eigenvalue weighted by Crippen LogP contribution is -2.47. The van der Waals surface area contributed by atoms with Crippen LogP contribution in [0.5, 0.6) is 0 Å². The number of hydrogen-bond acceptors (Lipinski definition) is 4. The van der Waals surface area contributed by atoms with Gasteiger partial charge in [-0.25, -0.2) is 8.78 Å². The largest absolute Gasteiger partial charge is 0.389 e. The van der Waals surface area contributed by atoms with Gasteiger partial charge in [-0.05, 0) is 91.6 Å². The normalized spacial score (nSPS) is 40.2. The quantitative estimate of drug-likeness (QED) is 0.475. The number of aliphatic hydroxyl groups is 1. The van der Waals surface area contributed by atoms with Crippen molar-refractivity contribution < 1.29 is 23.5 Å². The number of carbonyl (C=O) groups excluding carboxylic acids is 2. The Bertz CT molecular complexity index is 1380. The molecule has 1 N–H and O–H groups in total. The van der Waals surface area contributed by atoms with E-state index in [9.17, 15) is 23.5 Å². The third-order valence-electron chi connectivity index (χ3n) is 12.2. The van der Waals surface area contributed by atoms with E-state index in [1.165, 1.54) is 21.2 Å². The first kappa shape index (κ1) is 26.3. The first-order valence-corrected chi connectivity index (χ1v) is 15.9. The van der Waals surface area contributed by atoms with Gasteiger partial charge in [0.1, 0.15) is 0 Å². The van der Waals surface area contributed by atoms with Crippen molar-refractivity contribution in [3.63, 3.8) is 0 Å². The number of halogens is 2. The van der Waals surface area contributed by atoms with Gasteiger partial charge in [0.05, 0.1) is 23.4 Å². The third-order valence-corrected chi connectivity index (χ3v) is 12.2. The molecule has 41 heavy (non-hydrogen) atoms. The van der Waals surface area contributed by atoms with E-state index in [0.717, 1.165) is 51.7 Å². The summed E-state index contributed by atoms with van der Waals surface area (Å²) in [5, 5.41) is 14.0. The summed E-state index contributed by atoms with van der Waals surface area (Å²) in [6, 6.07) is 15.3. The second-order valence-corrected chi connectivity index (χ2v) is 14.2. The van der Waals surface area contributed by atoms with Crippen LogP contribution in [0.25, 0.3) is 10.8 Å². The van der Waals surface area contributed by atoms with Crippen LogP contribution in [0.1, 0.15) is 62.8 Å². The van der Waals surface area contributed by atoms with Crippen LogP contribution in [0.2, 0.25) is 0 Å². The summed E-state index contributed by atoms with van der Waals surface area (Å²) in [5.74, 6) is -4.51. The predicted molar refractivity (Wildman–Crippen MR) is 151 cm³/mol. The van der Waals surface area contributed by atoms with Crippen molar-refractivity contribution in [1.29, 1.82) is 0 Å². The molecule has 2 bridgehead atoms. The van der Waals surface area contributed by atoms with Gasteiger partial charge in [-0.1, -0.05) is 48.9 Å². The molecule has 2 aromatic carbocycles. The molecule has 0 spiro atoms. The van der Waals surface area contributed by atoms with Gasteiger partial charge in [-0.15, -0.1) is 0 Å². The highest BCUT2D eigenvalue weighted by molar-refractivity contribution is 6.06. The minimum absolute atomic E-state index is 0.0985. The maximum Gasteiger partial charge on any atom is 0.254 e. The molecule has 218 valence electrons. The van der Waals surface area contributed by atoms with Crippen molar-refractivity contribution in [2.24, 2.45) is 41.4 Å². The van der Waals surface area contributed by atoms with E-state index in [0.29, 0.717) is 30.7 Å². The lowest BCUT2D eigenvalue weighted by Gasteiger charge is -2.37. The first-order chi connectivity index (χ1) is 19.7. The fourth-order valence-electron chi connectivity index (χ4n) is 10.1. The summed E-state index contributed by atoms with van der Waals surface area (Å²) in [7, 11) is 0. The van der Waals surface area contributed by atoms with Gasteiger partial charge in [-0.2, -0.15) is 0 Å². The van der Waals surface area contributed by atoms with Crippen LogP contribution in [0.3, 0.4) is 0 Å². The van der Waals surface area contributed by atoms with Crippen LogP contribution in [0.15, 0.2) is 42.5 Å². The zero-order chi connectivity index (χ0) is 28.1. The van der Waals surface area contributed by atoms with Crippen LogP contribution >= 0.6 is 0 Å². The maximum atomic E-state index is 14.0. The van der Waals surface area contributed by atoms with Crippen LogP contribution in [0, 0.1) is 41.4 Å². The highest BCUT2D eigenvalue weighted by atomic mass is 19.3. The van der Waals surface area contributed by atoms with E-state index in [4.69, 9.17) is 0 Å². The molecule has 2 amide bonds. The molecule has 2 saturated heterocycles. The average molecular weight is 563 g/mol. The van der Waals surface area contributed by atoms with Gasteiger partial charge < -0.3 is 10.0 Å². The van der Waals surface area contributed by atoms with Gasteiger partial charge >= 0.3 is 0 Å². The lowest BCUT2D eigenvalue weighted by atomic mass is 9.70. The van der Waals surface area contributed by atoms with Crippen LogP contribution < -0.4 is 0 Å². The van der Waals surface area contributed by atoms with Gasteiger partial charge in [-0.3, -0.25) is 14.5 Å². The molecule has 0 aromatic heterocycles. The number of fused-ring (bicyclic) bond motifs is 6. The van der Waals surface area contributed by atoms with E-state index < -0.39 is 35.2 Å². The molecule has 2 heterocycles. The van der Waals surface area contributed by atoms with Crippen molar-refractivity contribution in [2.75, 3.05) is 26.2 Å². The second-order valence-electron chi connectivity index (χ2n) is 14.2. The Morgan fingerprint density at radius 2 is 1.54 bits per heavy atom. The molecule has 0 radical (unpaired) electrons. The Labute approximate surface area is 240 Å². The number of nitrogens with zero attached hydrogens (tertiary/aromatic N) is 2. The van der Waals surface area contributed by atoms with Gasteiger partial charge in [0.25, 0.3) is 5.92 Å². The molecule has 7 heteroatoms. The fourth-order valence-corrected chi connectivity index (χ4v) is 10.1. The van der Waals surface area contributed by atoms with Crippen molar-refractivity contribution >= 4 is 22.6 Å². The Morgan fingerprint density at radius 1 is 0.854 bits per heavy atom. The van der Waals surface area contributed by atoms with Crippen molar-refractivity contribution in [1.82, 2.24) is 9.80 Å². The number of benzene rings is 2. The van der Waals surface area contributed by atoms with Crippen LogP contribution in [-0.2, 0) is 9.59 Å². The molecule has 4 saturated carbocycles. The zero-order valence-corrected chi connectivity index (χ0v) is 23.6. The minimum Gasteiger partial charge on any atom is -0.389 e. The zero-order valence-electron chi connectivity index (χ0n) is 23.6. The molecule has 6 aliphatic rings. The molecule has 6 fully saturated rings. The summed E-state index contributed by atoms with van der Waals surface area (Å²) < 4.78 is 27.9. The predicted octanol–water partition coefficient (Wildman–Crippen LogP) is 5.46. The van der Waals surface area contributed by atoms with E-state index >= 15 is 0 Å². The standard InChI is InChI=1S/C34H40F2N2O3/c35-34(36)17-28(34)33(41)16-24-15-27(33)30-29(24)31(39)38(32(30)40)19-23-8-3-7-22(23)18-37-13-11-21(12-14-37)26-10-4-6-20-5-1-2-9-25(20)26/h1-2,4-6,9-10,21-24,27-30,41H,3,7-8,11-19H2/t22-,23-,24?,27?,28?,29?,30?,33?/m1/s1. The number of amides is 2. The summed E-state index contributed by atoms with van der Waals surface area (Å²) in [6.45, 7) is 3.60. The monoisotopic (exact) mass is 562 g/mol. The van der Waals surface area contributed by atoms with E-state index in [-0.39, 0.29) is 30.6 Å². The van der Waals surface area contributed by atoms with Gasteiger partial charge in [0, 0.05) is 25.4 Å². The minimum atomic E-state index is -2.83. The molecule has 6 unspecified atom stereocenters. The molecule has 2 aliphatic heterocycles. The molecule has 4 aliphatic carbocycles. The van der Waals surface area contributed by atoms with E-state index in [1.807, 2.05) is 0 Å². The van der Waals surface area contributed by atoms with Gasteiger partial charge in [0.2, 0.25) is 11.8 Å². The smallest absolute Gasteiger partial charge is 0.254 e. The van der Waals surface area contributed by atoms with Crippen LogP contribution in [-0.4, -0.2) is 64.4 Å². The number of alkyl halides is 2. The molecular weight excluding hydrogens is 522 g/mol. The number of piperidine rings is 1. The average Bonchev–Trinajstić information content (AvgIpc) is 3.36. The highest BCUT2D eigenvalue weighted by Crippen LogP contribution is 2.68. The molecular formula is C34H40F2N2O3. The Kier molecular flexibility index (Phi) is 5.96. The highest BCUT2D eigenvalue weighted by Gasteiger charge is 2.76. The number of likely N-dealkylation sites (tertiary alicyclic amines) is 2. The number of carbonyl (C=O) groups is 2. The van der Waals surface area contributed by atoms with Crippen molar-refractivity contribution in [3.8, 4) is 0 Å². The van der Waals surface area contributed by atoms with Crippen molar-refractivity contribution in [3.05, 3.63) is 48.0 Å². The second kappa shape index (κ2) is 9.31. The summed E-state index contributed by atoms with van der Waals surface area (Å²) >= 11 is 0. The first-order valence-electron chi connectivity index (χ1n) is 15.9. The van der Waals surface area contributed by atoms with Crippen molar-refractivity contribution in [2.45, 2.75) is 68.8 Å². The number of rotatable bonds is 6. The van der Waals surface area contributed by atoms with E-state index in [1.54, 1.807) is 0 Å². The Morgan fingerprint density at radius 3 is 2.29 bits per heavy atom. The Hall–Kier alpha value is -2.38. The SMILES string of the molecule is O=C1C2C3CC(C2C(=O)N1C[C@H]1CCC[C@@H]1CN1CCC(c2cccc4ccccc24)CC1)C(O)(C1CC1(F)F)C3. The van der Waals surface area contributed by atoms with E-state index in [2.05, 4.69) is 47.4 Å². The third kappa shape index (κ3) is 4.05. The molecule has 5 nitrogen and oxygen atoms in total. The molecule has 8 atom stereocenters. The fraction of sp³-hybridized carbons (Fsp3) is 0.647. The number of imide groups is 1. The summed E-state index contributed by atoms with van der Waals surface area (Å²) in [6.07, 6.45) is 6.03. The maximum absolute atomic E-state index is 14.0. The summed E-state index contributed by atoms with van der Waals surface area (Å²) in [5.41, 5.74) is -0.0284. The molecule has 2 aromatic rings. The number of hydrogen-bond donors (Lipinski definition) is 1. The lowest BCUT2D eigenvalue weighted by molar-refractivity contribution is -0.143. The van der Waals surface area contributed by atoms with Gasteiger partial charge in [0.15, 0.2) is 0 Å². The van der Waals surface area contributed by atoms with Crippen LogP contribution in [0.4, 0.5) is 8.78 Å². The summed E-state index contributed by atoms with van der Waals surface area (Å²) in [4.78, 5) is 31.2. The Balaban J connectivity index is 0.906.